The van der Waals surface area contributed by atoms with Crippen LogP contribution in [0.4, 0.5) is 0 Å². The Hall–Kier alpha value is -2.02. The summed E-state index contributed by atoms with van der Waals surface area (Å²) < 4.78 is 10.6. The molecular formula is C12H10BrNO5. The molecule has 0 saturated heterocycles. The van der Waals surface area contributed by atoms with E-state index in [0.717, 1.165) is 0 Å². The maximum absolute atomic E-state index is 10.8. The minimum atomic E-state index is -1.17. The maximum atomic E-state index is 10.8. The van der Waals surface area contributed by atoms with Gasteiger partial charge in [0.2, 0.25) is 0 Å². The number of aryl methyl sites for hydroxylation is 1. The number of hydrogen-bond acceptors (Lipinski definition) is 5. The van der Waals surface area contributed by atoms with Crippen molar-refractivity contribution in [3.63, 3.8) is 0 Å². The highest BCUT2D eigenvalue weighted by atomic mass is 79.9. The number of nitrogens with zero attached hydrogens (tertiary/aromatic N) is 1. The van der Waals surface area contributed by atoms with E-state index in [2.05, 4.69) is 21.1 Å². The minimum absolute atomic E-state index is 0.0198. The summed E-state index contributed by atoms with van der Waals surface area (Å²) in [4.78, 5) is 10.8. The van der Waals surface area contributed by atoms with Crippen LogP contribution in [0.1, 0.15) is 16.1 Å². The fraction of sp³-hybridized carbons (Fsp3) is 0.167. The lowest BCUT2D eigenvalue weighted by atomic mass is 10.0. The Bertz CT molecular complexity index is 650. The van der Waals surface area contributed by atoms with Gasteiger partial charge in [-0.3, -0.25) is 0 Å². The van der Waals surface area contributed by atoms with Crippen LogP contribution < -0.4 is 4.74 Å². The summed E-state index contributed by atoms with van der Waals surface area (Å²) in [6.45, 7) is 1.75. The van der Waals surface area contributed by atoms with Gasteiger partial charge in [-0.05, 0) is 34.5 Å². The molecule has 0 aliphatic heterocycles. The first-order valence-corrected chi connectivity index (χ1v) is 6.01. The molecule has 6 nitrogen and oxygen atoms in total. The van der Waals surface area contributed by atoms with Gasteiger partial charge in [-0.25, -0.2) is 4.79 Å². The standard InChI is InChI=1S/C12H10BrNO5/c1-5-3-7(15)11(18-2)10(13)9(5)8-4-6(12(16)17)14-19-8/h3-4,15H,1-2H3,(H,16,17). The number of carboxylic acid groups (broad SMARTS) is 1. The Kier molecular flexibility index (Phi) is 3.48. The van der Waals surface area contributed by atoms with Crippen molar-refractivity contribution in [1.29, 1.82) is 0 Å². The van der Waals surface area contributed by atoms with Crippen LogP contribution in [-0.2, 0) is 0 Å². The predicted molar refractivity (Wildman–Crippen MR) is 69.6 cm³/mol. The molecule has 0 fully saturated rings. The lowest BCUT2D eigenvalue weighted by Gasteiger charge is -2.11. The minimum Gasteiger partial charge on any atom is -0.504 e. The Morgan fingerprint density at radius 2 is 2.16 bits per heavy atom. The van der Waals surface area contributed by atoms with Crippen molar-refractivity contribution in [1.82, 2.24) is 5.16 Å². The number of phenolic OH excluding ortho intramolecular Hbond substituents is 1. The van der Waals surface area contributed by atoms with Crippen molar-refractivity contribution < 1.29 is 24.3 Å². The second kappa shape index (κ2) is 4.93. The Morgan fingerprint density at radius 3 is 2.68 bits per heavy atom. The van der Waals surface area contributed by atoms with E-state index in [0.29, 0.717) is 15.6 Å². The third-order valence-corrected chi connectivity index (χ3v) is 3.34. The zero-order valence-electron chi connectivity index (χ0n) is 10.1. The number of aromatic carboxylic acids is 1. The van der Waals surface area contributed by atoms with E-state index in [1.54, 1.807) is 6.92 Å². The first-order valence-electron chi connectivity index (χ1n) is 5.22. The molecule has 2 rings (SSSR count). The van der Waals surface area contributed by atoms with E-state index in [9.17, 15) is 9.90 Å². The second-order valence-corrected chi connectivity index (χ2v) is 4.61. The maximum Gasteiger partial charge on any atom is 0.358 e. The molecule has 2 N–H and O–H groups in total. The molecular weight excluding hydrogens is 318 g/mol. The van der Waals surface area contributed by atoms with Crippen molar-refractivity contribution in [2.75, 3.05) is 7.11 Å². The lowest BCUT2D eigenvalue weighted by molar-refractivity contribution is 0.0686. The number of benzene rings is 1. The van der Waals surface area contributed by atoms with E-state index in [1.807, 2.05) is 0 Å². The van der Waals surface area contributed by atoms with E-state index in [4.69, 9.17) is 14.4 Å². The summed E-state index contributed by atoms with van der Waals surface area (Å²) in [5, 5.41) is 22.0. The van der Waals surface area contributed by atoms with Crippen molar-refractivity contribution in [3.8, 4) is 22.8 Å². The van der Waals surface area contributed by atoms with Gasteiger partial charge in [-0.2, -0.15) is 0 Å². The van der Waals surface area contributed by atoms with Gasteiger partial charge in [-0.15, -0.1) is 0 Å². The molecule has 2 aromatic rings. The number of carbonyl (C=O) groups is 1. The number of methoxy groups -OCH3 is 1. The van der Waals surface area contributed by atoms with Crippen LogP contribution in [0.5, 0.6) is 11.5 Å². The molecule has 100 valence electrons. The van der Waals surface area contributed by atoms with Crippen LogP contribution in [-0.4, -0.2) is 28.4 Å². The number of phenols is 1. The molecule has 1 heterocycles. The van der Waals surface area contributed by atoms with Gasteiger partial charge in [0.25, 0.3) is 0 Å². The first-order chi connectivity index (χ1) is 8.95. The molecule has 0 aliphatic carbocycles. The molecule has 0 unspecified atom stereocenters. The van der Waals surface area contributed by atoms with Crippen molar-refractivity contribution in [2.45, 2.75) is 6.92 Å². The molecule has 0 aliphatic rings. The van der Waals surface area contributed by atoms with E-state index < -0.39 is 5.97 Å². The monoisotopic (exact) mass is 327 g/mol. The molecule has 0 atom stereocenters. The number of ether oxygens (including phenoxy) is 1. The third-order valence-electron chi connectivity index (χ3n) is 2.58. The predicted octanol–water partition coefficient (Wildman–Crippen LogP) is 2.82. The van der Waals surface area contributed by atoms with Crippen molar-refractivity contribution >= 4 is 21.9 Å². The van der Waals surface area contributed by atoms with Crippen molar-refractivity contribution in [3.05, 3.63) is 27.9 Å². The van der Waals surface area contributed by atoms with Crippen LogP contribution in [0.2, 0.25) is 0 Å². The van der Waals surface area contributed by atoms with E-state index in [1.165, 1.54) is 19.2 Å². The third kappa shape index (κ3) is 2.28. The first kappa shape index (κ1) is 13.4. The quantitative estimate of drug-likeness (QED) is 0.900. The average molecular weight is 328 g/mol. The van der Waals surface area contributed by atoms with E-state index in [-0.39, 0.29) is 23.0 Å². The van der Waals surface area contributed by atoms with Gasteiger partial charge < -0.3 is 19.5 Å². The largest absolute Gasteiger partial charge is 0.504 e. The Labute approximate surface area is 116 Å². The van der Waals surface area contributed by atoms with Gasteiger partial charge >= 0.3 is 5.97 Å². The summed E-state index contributed by atoms with van der Waals surface area (Å²) in [6, 6.07) is 2.81. The molecule has 19 heavy (non-hydrogen) atoms. The molecule has 0 spiro atoms. The van der Waals surface area contributed by atoms with Gasteiger partial charge in [0, 0.05) is 11.6 Å². The molecule has 0 radical (unpaired) electrons. The van der Waals surface area contributed by atoms with Crippen LogP contribution in [0.15, 0.2) is 21.1 Å². The van der Waals surface area contributed by atoms with Gasteiger partial charge in [-0.1, -0.05) is 5.16 Å². The smallest absolute Gasteiger partial charge is 0.358 e. The Morgan fingerprint density at radius 1 is 1.47 bits per heavy atom. The molecule has 0 amide bonds. The highest BCUT2D eigenvalue weighted by Gasteiger charge is 2.21. The van der Waals surface area contributed by atoms with Crippen molar-refractivity contribution in [2.24, 2.45) is 0 Å². The number of rotatable bonds is 3. The number of halogens is 1. The fourth-order valence-corrected chi connectivity index (χ4v) is 2.61. The summed E-state index contributed by atoms with van der Waals surface area (Å²) >= 11 is 3.31. The zero-order valence-corrected chi connectivity index (χ0v) is 11.7. The average Bonchev–Trinajstić information content (AvgIpc) is 2.78. The molecule has 0 saturated carbocycles. The summed E-state index contributed by atoms with van der Waals surface area (Å²) in [5.74, 6) is -0.669. The lowest BCUT2D eigenvalue weighted by Crippen LogP contribution is -1.94. The topological polar surface area (TPSA) is 92.8 Å². The summed E-state index contributed by atoms with van der Waals surface area (Å²) in [6.07, 6.45) is 0. The van der Waals surface area contributed by atoms with Crippen LogP contribution in [0.25, 0.3) is 11.3 Å². The summed E-state index contributed by atoms with van der Waals surface area (Å²) in [5.41, 5.74) is 1.08. The number of aromatic nitrogens is 1. The normalized spacial score (nSPS) is 10.5. The molecule has 0 bridgehead atoms. The molecule has 1 aromatic heterocycles. The fourth-order valence-electron chi connectivity index (χ4n) is 1.73. The number of aromatic hydroxyl groups is 1. The summed E-state index contributed by atoms with van der Waals surface area (Å²) in [7, 11) is 1.42. The highest BCUT2D eigenvalue weighted by Crippen LogP contribution is 2.43. The van der Waals surface area contributed by atoms with Gasteiger partial charge in [0.05, 0.1) is 11.6 Å². The van der Waals surface area contributed by atoms with Crippen LogP contribution >= 0.6 is 15.9 Å². The van der Waals surface area contributed by atoms with Crippen LogP contribution in [0, 0.1) is 6.92 Å². The SMILES string of the molecule is COc1c(O)cc(C)c(-c2cc(C(=O)O)no2)c1Br. The number of carboxylic acids is 1. The second-order valence-electron chi connectivity index (χ2n) is 3.82. The molecule has 7 heteroatoms. The molecule has 1 aromatic carbocycles. The van der Waals surface area contributed by atoms with Gasteiger partial charge in [0.1, 0.15) is 0 Å². The zero-order chi connectivity index (χ0) is 14.2. The van der Waals surface area contributed by atoms with E-state index >= 15 is 0 Å². The Balaban J connectivity index is 2.64. The number of hydrogen-bond donors (Lipinski definition) is 2. The van der Waals surface area contributed by atoms with Gasteiger partial charge in [0.15, 0.2) is 23.0 Å². The van der Waals surface area contributed by atoms with Crippen LogP contribution in [0.3, 0.4) is 0 Å². The highest BCUT2D eigenvalue weighted by molar-refractivity contribution is 9.10.